The van der Waals surface area contributed by atoms with Crippen molar-refractivity contribution in [1.82, 2.24) is 5.16 Å². The van der Waals surface area contributed by atoms with Crippen LogP contribution in [0.2, 0.25) is 0 Å². The van der Waals surface area contributed by atoms with Crippen molar-refractivity contribution in [1.29, 1.82) is 0 Å². The highest BCUT2D eigenvalue weighted by molar-refractivity contribution is 6.07. The van der Waals surface area contributed by atoms with Crippen molar-refractivity contribution in [2.45, 2.75) is 31.9 Å². The fourth-order valence-corrected chi connectivity index (χ4v) is 3.18. The van der Waals surface area contributed by atoms with E-state index in [0.29, 0.717) is 12.1 Å². The molecule has 0 saturated heterocycles. The molecule has 0 unspecified atom stereocenters. The van der Waals surface area contributed by atoms with E-state index in [1.54, 1.807) is 0 Å². The van der Waals surface area contributed by atoms with Gasteiger partial charge in [0.05, 0.1) is 33.7 Å². The van der Waals surface area contributed by atoms with E-state index in [4.69, 9.17) is 4.52 Å². The second kappa shape index (κ2) is 9.78. The van der Waals surface area contributed by atoms with Gasteiger partial charge in [-0.2, -0.15) is 44.6 Å². The van der Waals surface area contributed by atoms with Gasteiger partial charge in [0.25, 0.3) is 0 Å². The first kappa shape index (κ1) is 27.5. The predicted octanol–water partition coefficient (Wildman–Crippen LogP) is 6.86. The summed E-state index contributed by atoms with van der Waals surface area (Å²) in [5.41, 5.74) is -3.71. The first-order valence-corrected chi connectivity index (χ1v) is 9.95. The van der Waals surface area contributed by atoms with E-state index in [1.807, 2.05) is 5.43 Å². The molecule has 2 N–H and O–H groups in total. The molecule has 0 fully saturated rings. The minimum atomic E-state index is -5.10. The van der Waals surface area contributed by atoms with Crippen LogP contribution < -0.4 is 5.43 Å². The van der Waals surface area contributed by atoms with Crippen LogP contribution >= 0.6 is 0 Å². The number of carboxylic acids is 1. The van der Waals surface area contributed by atoms with E-state index in [1.165, 1.54) is 6.92 Å². The fourth-order valence-electron chi connectivity index (χ4n) is 3.18. The number of benzene rings is 2. The number of aromatic nitrogens is 1. The van der Waals surface area contributed by atoms with E-state index in [2.05, 4.69) is 10.3 Å². The molecule has 0 aliphatic rings. The third-order valence-electron chi connectivity index (χ3n) is 4.91. The molecule has 0 saturated carbocycles. The zero-order valence-electron chi connectivity index (χ0n) is 18.3. The number of aromatic carboxylic acids is 1. The predicted molar refractivity (Wildman–Crippen MR) is 110 cm³/mol. The molecular weight excluding hydrogens is 525 g/mol. The number of alkyl halides is 9. The average Bonchev–Trinajstić information content (AvgIpc) is 3.20. The summed E-state index contributed by atoms with van der Waals surface area (Å²) in [6, 6.07) is 4.48. The number of rotatable bonds is 6. The second-order valence-electron chi connectivity index (χ2n) is 7.61. The molecule has 1 aromatic heterocycles. The quantitative estimate of drug-likeness (QED) is 0.203. The monoisotopic (exact) mass is 539 g/mol. The standard InChI is InChI=1S/C22H14F9N3O3/c1-10(32-33-15-8-13(21(26,27)28)7-14(9-15)22(29,30)31)17-16(37-34-18(17)19(35)36)6-11-2-4-12(5-3-11)20(23,24)25/h2-5,7-9,33H,6H2,1H3,(H,35,36)/b32-10-. The van der Waals surface area contributed by atoms with Crippen LogP contribution in [0.5, 0.6) is 0 Å². The number of hydrogen-bond acceptors (Lipinski definition) is 5. The van der Waals surface area contributed by atoms with Crippen LogP contribution in [0.4, 0.5) is 45.2 Å². The van der Waals surface area contributed by atoms with Gasteiger partial charge in [0, 0.05) is 6.42 Å². The molecule has 0 bridgehead atoms. The Balaban J connectivity index is 1.96. The highest BCUT2D eigenvalue weighted by Gasteiger charge is 2.37. The molecule has 3 rings (SSSR count). The van der Waals surface area contributed by atoms with Crippen LogP contribution in [0, 0.1) is 0 Å². The summed E-state index contributed by atoms with van der Waals surface area (Å²) in [5.74, 6) is -1.76. The molecule has 198 valence electrons. The maximum absolute atomic E-state index is 13.1. The summed E-state index contributed by atoms with van der Waals surface area (Å²) in [6.07, 6.45) is -15.0. The fraction of sp³-hybridized carbons (Fsp3) is 0.227. The van der Waals surface area contributed by atoms with Crippen LogP contribution in [0.3, 0.4) is 0 Å². The molecule has 0 aliphatic heterocycles. The van der Waals surface area contributed by atoms with Crippen molar-refractivity contribution in [2.75, 3.05) is 5.43 Å². The number of carboxylic acid groups (broad SMARTS) is 1. The van der Waals surface area contributed by atoms with Gasteiger partial charge in [-0.05, 0) is 42.8 Å². The highest BCUT2D eigenvalue weighted by atomic mass is 19.4. The van der Waals surface area contributed by atoms with Gasteiger partial charge in [0.1, 0.15) is 0 Å². The normalized spacial score (nSPS) is 13.1. The minimum absolute atomic E-state index is 0.0769. The topological polar surface area (TPSA) is 87.7 Å². The number of carbonyl (C=O) groups is 1. The van der Waals surface area contributed by atoms with Gasteiger partial charge in [0.2, 0.25) is 5.69 Å². The van der Waals surface area contributed by atoms with E-state index in [9.17, 15) is 49.4 Å². The molecule has 37 heavy (non-hydrogen) atoms. The minimum Gasteiger partial charge on any atom is -0.476 e. The van der Waals surface area contributed by atoms with Gasteiger partial charge in [0.15, 0.2) is 5.76 Å². The molecule has 0 spiro atoms. The third kappa shape index (κ3) is 6.59. The number of hydrogen-bond donors (Lipinski definition) is 2. The lowest BCUT2D eigenvalue weighted by Crippen LogP contribution is -2.12. The Morgan fingerprint density at radius 3 is 1.86 bits per heavy atom. The van der Waals surface area contributed by atoms with Gasteiger partial charge >= 0.3 is 24.5 Å². The maximum atomic E-state index is 13.1. The van der Waals surface area contributed by atoms with Gasteiger partial charge < -0.3 is 9.63 Å². The summed E-state index contributed by atoms with van der Waals surface area (Å²) in [7, 11) is 0. The van der Waals surface area contributed by atoms with E-state index in [0.717, 1.165) is 24.3 Å². The molecular formula is C22H14F9N3O3. The largest absolute Gasteiger partial charge is 0.476 e. The van der Waals surface area contributed by atoms with Gasteiger partial charge in [-0.25, -0.2) is 4.79 Å². The molecule has 0 aliphatic carbocycles. The molecule has 2 aromatic carbocycles. The third-order valence-corrected chi connectivity index (χ3v) is 4.91. The summed E-state index contributed by atoms with van der Waals surface area (Å²) in [6.45, 7) is 1.18. The smallest absolute Gasteiger partial charge is 0.416 e. The van der Waals surface area contributed by atoms with Crippen LogP contribution in [0.15, 0.2) is 52.1 Å². The van der Waals surface area contributed by atoms with Crippen molar-refractivity contribution >= 4 is 17.4 Å². The zero-order valence-corrected chi connectivity index (χ0v) is 18.3. The molecule has 1 heterocycles. The first-order chi connectivity index (χ1) is 17.0. The summed E-state index contributed by atoms with van der Waals surface area (Å²) >= 11 is 0. The lowest BCUT2D eigenvalue weighted by atomic mass is 10.0. The van der Waals surface area contributed by atoms with Crippen molar-refractivity contribution in [3.8, 4) is 0 Å². The lowest BCUT2D eigenvalue weighted by molar-refractivity contribution is -0.143. The van der Waals surface area contributed by atoms with Crippen LogP contribution in [0.25, 0.3) is 0 Å². The van der Waals surface area contributed by atoms with Crippen molar-refractivity contribution in [3.05, 3.63) is 81.7 Å². The molecule has 6 nitrogen and oxygen atoms in total. The Labute approximate surface area is 201 Å². The molecule has 0 atom stereocenters. The summed E-state index contributed by atoms with van der Waals surface area (Å²) in [5, 5.41) is 16.5. The van der Waals surface area contributed by atoms with Crippen molar-refractivity contribution < 1.29 is 53.9 Å². The van der Waals surface area contributed by atoms with Gasteiger partial charge in [-0.15, -0.1) is 0 Å². The Morgan fingerprint density at radius 1 is 0.892 bits per heavy atom. The van der Waals surface area contributed by atoms with Gasteiger partial charge in [-0.1, -0.05) is 17.3 Å². The lowest BCUT2D eigenvalue weighted by Gasteiger charge is -2.14. The second-order valence-corrected chi connectivity index (χ2v) is 7.61. The Morgan fingerprint density at radius 2 is 1.41 bits per heavy atom. The summed E-state index contributed by atoms with van der Waals surface area (Å²) < 4.78 is 122. The first-order valence-electron chi connectivity index (χ1n) is 9.95. The zero-order chi connectivity index (χ0) is 27.8. The number of nitrogens with zero attached hydrogens (tertiary/aromatic N) is 2. The molecule has 3 aromatic rings. The molecule has 15 heteroatoms. The summed E-state index contributed by atoms with van der Waals surface area (Å²) in [4.78, 5) is 11.6. The maximum Gasteiger partial charge on any atom is 0.416 e. The Hall–Kier alpha value is -4.04. The van der Waals surface area contributed by atoms with Crippen molar-refractivity contribution in [3.63, 3.8) is 0 Å². The number of hydrazone groups is 1. The number of halogens is 9. The van der Waals surface area contributed by atoms with Crippen LogP contribution in [-0.4, -0.2) is 21.9 Å². The Bertz CT molecular complexity index is 1290. The van der Waals surface area contributed by atoms with Crippen LogP contribution in [0.1, 0.15) is 51.0 Å². The number of nitrogens with one attached hydrogen (secondary N) is 1. The van der Waals surface area contributed by atoms with E-state index >= 15 is 0 Å². The average molecular weight is 539 g/mol. The van der Waals surface area contributed by atoms with Crippen LogP contribution in [-0.2, 0) is 24.9 Å². The SMILES string of the molecule is C/C(=N/Nc1cc(C(F)(F)F)cc(C(F)(F)F)c1)c1c(C(=O)O)noc1Cc1ccc(C(F)(F)F)cc1. The highest BCUT2D eigenvalue weighted by Crippen LogP contribution is 2.37. The Kier molecular flexibility index (Phi) is 7.28. The van der Waals surface area contributed by atoms with Crippen molar-refractivity contribution in [2.24, 2.45) is 5.10 Å². The molecule has 0 amide bonds. The van der Waals surface area contributed by atoms with Gasteiger partial charge in [-0.3, -0.25) is 5.43 Å². The van der Waals surface area contributed by atoms with E-state index < -0.39 is 52.6 Å². The number of anilines is 1. The van der Waals surface area contributed by atoms with E-state index in [-0.39, 0.29) is 35.1 Å². The molecule has 0 radical (unpaired) electrons.